The molecule has 5 aromatic rings. The van der Waals surface area contributed by atoms with Gasteiger partial charge < -0.3 is 15.0 Å². The first-order valence-electron chi connectivity index (χ1n) is 12.3. The van der Waals surface area contributed by atoms with E-state index in [0.717, 1.165) is 18.2 Å². The van der Waals surface area contributed by atoms with Crippen LogP contribution in [-0.4, -0.2) is 52.9 Å². The predicted octanol–water partition coefficient (Wildman–Crippen LogP) is 4.19. The number of aromatic amines is 1. The average molecular weight is 534 g/mol. The van der Waals surface area contributed by atoms with Gasteiger partial charge in [-0.2, -0.15) is 5.10 Å². The second kappa shape index (κ2) is 9.95. The quantitative estimate of drug-likeness (QED) is 0.312. The van der Waals surface area contributed by atoms with Crippen LogP contribution >= 0.6 is 0 Å². The molecule has 198 valence electrons. The van der Waals surface area contributed by atoms with Crippen LogP contribution < -0.4 is 5.32 Å². The van der Waals surface area contributed by atoms with Crippen molar-refractivity contribution in [2.75, 3.05) is 0 Å². The minimum absolute atomic E-state index is 0.232. The largest absolute Gasteiger partial charge is 0.389 e. The molecule has 0 radical (unpaired) electrons. The third kappa shape index (κ3) is 4.52. The maximum Gasteiger partial charge on any atom is 0.254 e. The zero-order valence-corrected chi connectivity index (χ0v) is 20.4. The lowest BCUT2D eigenvalue weighted by atomic mass is 9.87. The molecule has 12 heteroatoms. The smallest absolute Gasteiger partial charge is 0.254 e. The molecule has 0 bridgehead atoms. The van der Waals surface area contributed by atoms with E-state index >= 15 is 0 Å². The lowest BCUT2D eigenvalue weighted by molar-refractivity contribution is 0.0416. The first-order chi connectivity index (χ1) is 18.9. The number of rotatable bonds is 5. The number of H-pyrrole nitrogens is 1. The molecule has 1 saturated carbocycles. The van der Waals surface area contributed by atoms with Crippen molar-refractivity contribution in [3.63, 3.8) is 0 Å². The van der Waals surface area contributed by atoms with Crippen LogP contribution in [0.25, 0.3) is 33.9 Å². The molecule has 1 fully saturated rings. The second-order valence-corrected chi connectivity index (χ2v) is 9.37. The zero-order valence-electron chi connectivity index (χ0n) is 20.4. The maximum atomic E-state index is 15.0. The van der Waals surface area contributed by atoms with Gasteiger partial charge in [-0.15, -0.1) is 0 Å². The molecule has 0 saturated heterocycles. The molecule has 3 N–H and O–H groups in total. The van der Waals surface area contributed by atoms with Crippen molar-refractivity contribution in [2.24, 2.45) is 0 Å². The number of carbonyl (C=O) groups excluding carboxylic acids is 1. The third-order valence-corrected chi connectivity index (χ3v) is 6.99. The van der Waals surface area contributed by atoms with Gasteiger partial charge >= 0.3 is 0 Å². The van der Waals surface area contributed by atoms with Crippen LogP contribution in [0.2, 0.25) is 0 Å². The average Bonchev–Trinajstić information content (AvgIpc) is 3.60. The molecule has 1 amide bonds. The number of nitrogens with one attached hydrogen (secondary N) is 2. The zero-order chi connectivity index (χ0) is 27.1. The van der Waals surface area contributed by atoms with E-state index in [1.807, 2.05) is 0 Å². The second-order valence-electron chi connectivity index (χ2n) is 9.37. The Morgan fingerprint density at radius 1 is 1.05 bits per heavy atom. The minimum Gasteiger partial charge on any atom is -0.389 e. The van der Waals surface area contributed by atoms with Crippen LogP contribution in [0.15, 0.2) is 61.1 Å². The van der Waals surface area contributed by atoms with E-state index in [2.05, 4.69) is 30.5 Å². The summed E-state index contributed by atoms with van der Waals surface area (Å²) in [6.07, 6.45) is 3.23. The third-order valence-electron chi connectivity index (χ3n) is 6.99. The molecule has 3 atom stereocenters. The Labute approximate surface area is 219 Å². The van der Waals surface area contributed by atoms with Crippen molar-refractivity contribution in [1.29, 1.82) is 0 Å². The number of fused-ring (bicyclic) bond motifs is 1. The fourth-order valence-corrected chi connectivity index (χ4v) is 5.14. The lowest BCUT2D eigenvalue weighted by Crippen LogP contribution is -2.49. The molecule has 1 aliphatic rings. The van der Waals surface area contributed by atoms with E-state index in [-0.39, 0.29) is 11.4 Å². The summed E-state index contributed by atoms with van der Waals surface area (Å²) in [5.41, 5.74) is 1.29. The Hall–Kier alpha value is -4.58. The highest BCUT2D eigenvalue weighted by Gasteiger charge is 2.37. The number of hydrogen-bond acceptors (Lipinski definition) is 6. The van der Waals surface area contributed by atoms with Crippen molar-refractivity contribution < 1.29 is 23.1 Å². The number of nitrogens with zero attached hydrogens (tertiary/aromatic N) is 5. The van der Waals surface area contributed by atoms with Gasteiger partial charge in [-0.25, -0.2) is 23.1 Å². The van der Waals surface area contributed by atoms with E-state index < -0.39 is 47.1 Å². The number of benzene rings is 2. The van der Waals surface area contributed by atoms with E-state index in [4.69, 9.17) is 0 Å². The topological polar surface area (TPSA) is 122 Å². The molecule has 3 aromatic heterocycles. The van der Waals surface area contributed by atoms with Gasteiger partial charge in [0.2, 0.25) is 0 Å². The Balaban J connectivity index is 1.42. The minimum atomic E-state index is -1.15. The van der Waals surface area contributed by atoms with Crippen LogP contribution in [-0.2, 0) is 0 Å². The summed E-state index contributed by atoms with van der Waals surface area (Å²) in [4.78, 5) is 26.0. The Bertz CT molecular complexity index is 1670. The van der Waals surface area contributed by atoms with Crippen molar-refractivity contribution in [1.82, 2.24) is 35.0 Å². The molecule has 39 heavy (non-hydrogen) atoms. The van der Waals surface area contributed by atoms with Crippen molar-refractivity contribution in [3.05, 3.63) is 84.1 Å². The molecular formula is C27H22F3N7O2. The summed E-state index contributed by atoms with van der Waals surface area (Å²) in [5, 5.41) is 20.8. The number of aliphatic hydroxyl groups excluding tert-OH is 1. The molecule has 0 spiro atoms. The number of aromatic nitrogens is 6. The Morgan fingerprint density at radius 2 is 1.90 bits per heavy atom. The fraction of sp³-hybridized carbons (Fsp3) is 0.222. The molecule has 0 unspecified atom stereocenters. The van der Waals surface area contributed by atoms with E-state index in [1.54, 1.807) is 28.8 Å². The van der Waals surface area contributed by atoms with Gasteiger partial charge in [-0.05, 0) is 55.7 Å². The molecule has 0 aliphatic heterocycles. The molecule has 2 aromatic carbocycles. The Morgan fingerprint density at radius 3 is 2.69 bits per heavy atom. The van der Waals surface area contributed by atoms with E-state index in [9.17, 15) is 23.1 Å². The fourth-order valence-electron chi connectivity index (χ4n) is 5.14. The summed E-state index contributed by atoms with van der Waals surface area (Å²) in [7, 11) is 0. The summed E-state index contributed by atoms with van der Waals surface area (Å²) >= 11 is 0. The number of imidazole rings is 1. The van der Waals surface area contributed by atoms with Gasteiger partial charge in [0, 0.05) is 0 Å². The van der Waals surface area contributed by atoms with Crippen LogP contribution in [0.3, 0.4) is 0 Å². The van der Waals surface area contributed by atoms with Crippen molar-refractivity contribution in [3.8, 4) is 22.9 Å². The number of amides is 1. The highest BCUT2D eigenvalue weighted by atomic mass is 19.1. The van der Waals surface area contributed by atoms with Gasteiger partial charge in [0.1, 0.15) is 40.8 Å². The Kier molecular flexibility index (Phi) is 6.31. The van der Waals surface area contributed by atoms with Gasteiger partial charge in [0.25, 0.3) is 5.91 Å². The SMILES string of the molecule is O=C(N[C@H]1CCC[C@@H](n2c(-c3ccccc3F)nc3cnc(-c4ncn[nH]4)cc32)[C@@H]1O)c1cc(F)ccc1F. The van der Waals surface area contributed by atoms with Crippen LogP contribution in [0, 0.1) is 17.5 Å². The first-order valence-corrected chi connectivity index (χ1v) is 12.3. The molecule has 6 rings (SSSR count). The molecule has 9 nitrogen and oxygen atoms in total. The maximum absolute atomic E-state index is 15.0. The standard InChI is InChI=1S/C27H22F3N7O2/c28-14-8-9-18(30)16(10-14)27(39)35-19-6-3-7-22(24(19)38)37-23-11-20(25-32-13-33-36-25)31-12-21(23)34-26(37)15-4-1-2-5-17(15)29/h1-2,4-5,8-13,19,22,24,38H,3,6-7H2,(H,35,39)(H,32,33,36)/t19-,22+,24+/m0/s1. The van der Waals surface area contributed by atoms with Crippen molar-refractivity contribution >= 4 is 16.9 Å². The molecular weight excluding hydrogens is 511 g/mol. The number of hydrogen-bond donors (Lipinski definition) is 3. The lowest BCUT2D eigenvalue weighted by Gasteiger charge is -2.37. The van der Waals surface area contributed by atoms with Gasteiger partial charge in [-0.3, -0.25) is 14.9 Å². The van der Waals surface area contributed by atoms with Gasteiger partial charge in [0.05, 0.1) is 41.0 Å². The summed E-state index contributed by atoms with van der Waals surface area (Å²) in [6, 6.07) is 9.11. The van der Waals surface area contributed by atoms with Crippen molar-refractivity contribution in [2.45, 2.75) is 37.5 Å². The van der Waals surface area contributed by atoms with Crippen LogP contribution in [0.4, 0.5) is 13.2 Å². The monoisotopic (exact) mass is 533 g/mol. The molecule has 1 aliphatic carbocycles. The van der Waals surface area contributed by atoms with Crippen LogP contribution in [0.5, 0.6) is 0 Å². The highest BCUT2D eigenvalue weighted by Crippen LogP contribution is 2.37. The number of halogens is 3. The number of carbonyl (C=O) groups is 1. The summed E-state index contributed by atoms with van der Waals surface area (Å²) in [6.45, 7) is 0. The molecule has 3 heterocycles. The van der Waals surface area contributed by atoms with E-state index in [0.29, 0.717) is 41.8 Å². The van der Waals surface area contributed by atoms with E-state index in [1.165, 1.54) is 18.6 Å². The summed E-state index contributed by atoms with van der Waals surface area (Å²) in [5.74, 6) is -2.24. The van der Waals surface area contributed by atoms with Gasteiger partial charge in [-0.1, -0.05) is 12.1 Å². The number of pyridine rings is 1. The van der Waals surface area contributed by atoms with Crippen LogP contribution in [0.1, 0.15) is 35.7 Å². The predicted molar refractivity (Wildman–Crippen MR) is 135 cm³/mol. The summed E-state index contributed by atoms with van der Waals surface area (Å²) < 4.78 is 44.6. The van der Waals surface area contributed by atoms with Gasteiger partial charge in [0.15, 0.2) is 5.82 Å². The first kappa shape index (κ1) is 24.7. The highest BCUT2D eigenvalue weighted by molar-refractivity contribution is 5.94. The normalized spacial score (nSPS) is 19.3. The number of aliphatic hydroxyl groups is 1.